The first-order chi connectivity index (χ1) is 9.63. The fourth-order valence-corrected chi connectivity index (χ4v) is 2.11. The molecule has 0 saturated carbocycles. The molecule has 0 aliphatic carbocycles. The number of carbonyl (C=O) groups excluding carboxylic acids is 2. The monoisotopic (exact) mass is 271 g/mol. The molecule has 1 amide bonds. The van der Waals surface area contributed by atoms with Crippen molar-refractivity contribution >= 4 is 12.4 Å². The minimum absolute atomic E-state index is 0.0175. The molecule has 0 bridgehead atoms. The van der Waals surface area contributed by atoms with E-state index in [2.05, 4.69) is 16.9 Å². The standard InChI is InChI=1S/C16H17NO3/c1-12-3-5-13(6-4-12)9-14-7-8-17(16(19)20-2)10-15(14)11-18/h3-8,10-11,14H,9H2,1-2H3. The van der Waals surface area contributed by atoms with E-state index in [9.17, 15) is 9.59 Å². The average molecular weight is 271 g/mol. The molecule has 0 saturated heterocycles. The summed E-state index contributed by atoms with van der Waals surface area (Å²) in [4.78, 5) is 23.9. The molecule has 0 radical (unpaired) electrons. The van der Waals surface area contributed by atoms with Crippen LogP contribution in [-0.2, 0) is 16.0 Å². The van der Waals surface area contributed by atoms with E-state index in [-0.39, 0.29) is 5.92 Å². The SMILES string of the molecule is COC(=O)N1C=CC(Cc2ccc(C)cc2)C(C=O)=C1. The molecule has 20 heavy (non-hydrogen) atoms. The number of allylic oxidation sites excluding steroid dienone is 2. The number of carbonyl (C=O) groups is 2. The molecule has 2 rings (SSSR count). The van der Waals surface area contributed by atoms with Gasteiger partial charge in [-0.3, -0.25) is 9.69 Å². The highest BCUT2D eigenvalue weighted by molar-refractivity contribution is 5.78. The summed E-state index contributed by atoms with van der Waals surface area (Å²) in [5, 5.41) is 0. The number of amides is 1. The van der Waals surface area contributed by atoms with Crippen molar-refractivity contribution in [2.75, 3.05) is 7.11 Å². The van der Waals surface area contributed by atoms with Crippen LogP contribution in [0.15, 0.2) is 48.3 Å². The van der Waals surface area contributed by atoms with Gasteiger partial charge in [0.15, 0.2) is 0 Å². The quantitative estimate of drug-likeness (QED) is 0.794. The third kappa shape index (κ3) is 3.15. The van der Waals surface area contributed by atoms with E-state index < -0.39 is 6.09 Å². The minimum atomic E-state index is -0.505. The molecule has 4 heteroatoms. The summed E-state index contributed by atoms with van der Waals surface area (Å²) in [6.45, 7) is 2.04. The molecular formula is C16H17NO3. The molecular weight excluding hydrogens is 254 g/mol. The third-order valence-corrected chi connectivity index (χ3v) is 3.29. The van der Waals surface area contributed by atoms with E-state index in [0.717, 1.165) is 18.3 Å². The number of methoxy groups -OCH3 is 1. The third-order valence-electron chi connectivity index (χ3n) is 3.29. The first kappa shape index (κ1) is 14.1. The van der Waals surface area contributed by atoms with Crippen molar-refractivity contribution in [3.8, 4) is 0 Å². The van der Waals surface area contributed by atoms with Crippen molar-refractivity contribution in [3.05, 3.63) is 59.4 Å². The number of aryl methyl sites for hydroxylation is 1. The van der Waals surface area contributed by atoms with Gasteiger partial charge in [-0.2, -0.15) is 0 Å². The van der Waals surface area contributed by atoms with Crippen LogP contribution in [0.2, 0.25) is 0 Å². The van der Waals surface area contributed by atoms with Crippen molar-refractivity contribution in [3.63, 3.8) is 0 Å². The summed E-state index contributed by atoms with van der Waals surface area (Å²) < 4.78 is 4.62. The Morgan fingerprint density at radius 1 is 1.35 bits per heavy atom. The second-order valence-electron chi connectivity index (χ2n) is 4.76. The molecule has 1 aliphatic heterocycles. The number of hydrogen-bond acceptors (Lipinski definition) is 3. The van der Waals surface area contributed by atoms with Gasteiger partial charge in [0.05, 0.1) is 7.11 Å². The highest BCUT2D eigenvalue weighted by Gasteiger charge is 2.20. The summed E-state index contributed by atoms with van der Waals surface area (Å²) in [7, 11) is 1.31. The molecule has 0 aromatic heterocycles. The van der Waals surface area contributed by atoms with Gasteiger partial charge in [-0.25, -0.2) is 4.79 Å². The number of aldehydes is 1. The second kappa shape index (κ2) is 6.19. The predicted molar refractivity (Wildman–Crippen MR) is 75.9 cm³/mol. The van der Waals surface area contributed by atoms with E-state index in [4.69, 9.17) is 0 Å². The van der Waals surface area contributed by atoms with Crippen LogP contribution in [0.1, 0.15) is 11.1 Å². The first-order valence-electron chi connectivity index (χ1n) is 6.41. The van der Waals surface area contributed by atoms with Crippen LogP contribution in [0.25, 0.3) is 0 Å². The number of benzene rings is 1. The van der Waals surface area contributed by atoms with Gasteiger partial charge in [0.25, 0.3) is 0 Å². The maximum absolute atomic E-state index is 11.4. The van der Waals surface area contributed by atoms with Gasteiger partial charge in [0, 0.05) is 23.9 Å². The number of ether oxygens (including phenoxy) is 1. The lowest BCUT2D eigenvalue weighted by molar-refractivity contribution is -0.105. The lowest BCUT2D eigenvalue weighted by atomic mass is 9.91. The molecule has 0 N–H and O–H groups in total. The fraction of sp³-hybridized carbons (Fsp3) is 0.250. The molecule has 1 unspecified atom stereocenters. The highest BCUT2D eigenvalue weighted by Crippen LogP contribution is 2.22. The summed E-state index contributed by atoms with van der Waals surface area (Å²) in [6.07, 6.45) is 6.03. The van der Waals surface area contributed by atoms with Gasteiger partial charge in [0.1, 0.15) is 6.29 Å². The Hall–Kier alpha value is -2.36. The Balaban J connectivity index is 2.13. The van der Waals surface area contributed by atoms with Gasteiger partial charge < -0.3 is 4.74 Å². The summed E-state index contributed by atoms with van der Waals surface area (Å²) >= 11 is 0. The maximum Gasteiger partial charge on any atom is 0.417 e. The van der Waals surface area contributed by atoms with Gasteiger partial charge in [0.2, 0.25) is 0 Å². The highest BCUT2D eigenvalue weighted by atomic mass is 16.5. The zero-order chi connectivity index (χ0) is 14.5. The Bertz CT molecular complexity index is 558. The smallest absolute Gasteiger partial charge is 0.417 e. The predicted octanol–water partition coefficient (Wildman–Crippen LogP) is 2.83. The van der Waals surface area contributed by atoms with E-state index in [0.29, 0.717) is 5.57 Å². The zero-order valence-corrected chi connectivity index (χ0v) is 11.6. The van der Waals surface area contributed by atoms with Crippen LogP contribution in [0.3, 0.4) is 0 Å². The van der Waals surface area contributed by atoms with E-state index in [1.54, 1.807) is 6.20 Å². The van der Waals surface area contributed by atoms with Crippen molar-refractivity contribution < 1.29 is 14.3 Å². The Labute approximate surface area is 118 Å². The zero-order valence-electron chi connectivity index (χ0n) is 11.6. The number of rotatable bonds is 3. The van der Waals surface area contributed by atoms with Gasteiger partial charge in [-0.15, -0.1) is 0 Å². The van der Waals surface area contributed by atoms with Gasteiger partial charge in [-0.1, -0.05) is 35.9 Å². The van der Waals surface area contributed by atoms with Gasteiger partial charge in [-0.05, 0) is 18.9 Å². The molecule has 104 valence electrons. The maximum atomic E-state index is 11.4. The van der Waals surface area contributed by atoms with Crippen LogP contribution < -0.4 is 0 Å². The Morgan fingerprint density at radius 2 is 2.05 bits per heavy atom. The molecule has 1 heterocycles. The summed E-state index contributed by atoms with van der Waals surface area (Å²) in [6, 6.07) is 8.20. The minimum Gasteiger partial charge on any atom is -0.452 e. The molecule has 1 aromatic carbocycles. The molecule has 1 atom stereocenters. The van der Waals surface area contributed by atoms with Crippen LogP contribution >= 0.6 is 0 Å². The molecule has 0 spiro atoms. The van der Waals surface area contributed by atoms with Crippen molar-refractivity contribution in [2.45, 2.75) is 13.3 Å². The largest absolute Gasteiger partial charge is 0.452 e. The van der Waals surface area contributed by atoms with E-state index in [1.165, 1.54) is 23.8 Å². The van der Waals surface area contributed by atoms with E-state index >= 15 is 0 Å². The van der Waals surface area contributed by atoms with Crippen LogP contribution in [-0.4, -0.2) is 24.4 Å². The number of nitrogens with zero attached hydrogens (tertiary/aromatic N) is 1. The summed E-state index contributed by atoms with van der Waals surface area (Å²) in [5.41, 5.74) is 2.93. The average Bonchev–Trinajstić information content (AvgIpc) is 2.49. The first-order valence-corrected chi connectivity index (χ1v) is 6.41. The van der Waals surface area contributed by atoms with Crippen LogP contribution in [0.4, 0.5) is 4.79 Å². The molecule has 1 aliphatic rings. The van der Waals surface area contributed by atoms with Crippen LogP contribution in [0, 0.1) is 12.8 Å². The molecule has 0 fully saturated rings. The van der Waals surface area contributed by atoms with Crippen molar-refractivity contribution in [1.29, 1.82) is 0 Å². The molecule has 1 aromatic rings. The Kier molecular flexibility index (Phi) is 4.35. The van der Waals surface area contributed by atoms with Gasteiger partial charge >= 0.3 is 6.09 Å². The van der Waals surface area contributed by atoms with Crippen molar-refractivity contribution in [2.24, 2.45) is 5.92 Å². The fourth-order valence-electron chi connectivity index (χ4n) is 2.11. The van der Waals surface area contributed by atoms with E-state index in [1.807, 2.05) is 25.1 Å². The second-order valence-corrected chi connectivity index (χ2v) is 4.76. The summed E-state index contributed by atoms with van der Waals surface area (Å²) in [5.74, 6) is -0.0175. The number of hydrogen-bond donors (Lipinski definition) is 0. The normalized spacial score (nSPS) is 17.6. The topological polar surface area (TPSA) is 46.6 Å². The van der Waals surface area contributed by atoms with Crippen molar-refractivity contribution in [1.82, 2.24) is 4.90 Å². The van der Waals surface area contributed by atoms with Crippen LogP contribution in [0.5, 0.6) is 0 Å². The lowest BCUT2D eigenvalue weighted by Crippen LogP contribution is -2.25. The molecule has 4 nitrogen and oxygen atoms in total. The Morgan fingerprint density at radius 3 is 2.65 bits per heavy atom. The lowest BCUT2D eigenvalue weighted by Gasteiger charge is -2.22.